The van der Waals surface area contributed by atoms with Crippen LogP contribution in [0.2, 0.25) is 0 Å². The average Bonchev–Trinajstić information content (AvgIpc) is 2.91. The number of hydrogen-bond donors (Lipinski definition) is 0. The first kappa shape index (κ1) is 12.6. The van der Waals surface area contributed by atoms with Gasteiger partial charge in [-0.3, -0.25) is 4.79 Å². The topological polar surface area (TPSA) is 44.8 Å². The second kappa shape index (κ2) is 5.19. The van der Waals surface area contributed by atoms with Crippen LogP contribution in [0.1, 0.15) is 32.6 Å². The lowest BCUT2D eigenvalue weighted by Crippen LogP contribution is -2.35. The summed E-state index contributed by atoms with van der Waals surface area (Å²) in [5.74, 6) is -0.165. The molecule has 1 atom stereocenters. The molecule has 4 nitrogen and oxygen atoms in total. The quantitative estimate of drug-likeness (QED) is 0.557. The second-order valence-electron chi connectivity index (χ2n) is 4.63. The second-order valence-corrected chi connectivity index (χ2v) is 4.63. The fraction of sp³-hybridized carbons (Fsp3) is 0.769. The van der Waals surface area contributed by atoms with Gasteiger partial charge in [0, 0.05) is 6.42 Å². The highest BCUT2D eigenvalue weighted by Crippen LogP contribution is 2.47. The van der Waals surface area contributed by atoms with Gasteiger partial charge in [0.25, 0.3) is 0 Å². The summed E-state index contributed by atoms with van der Waals surface area (Å²) in [5, 5.41) is 0. The molecule has 0 amide bonds. The Kier molecular flexibility index (Phi) is 3.84. The van der Waals surface area contributed by atoms with E-state index in [1.807, 2.05) is 6.92 Å². The number of rotatable bonds is 4. The fourth-order valence-corrected chi connectivity index (χ4v) is 2.67. The summed E-state index contributed by atoms with van der Waals surface area (Å²) >= 11 is 0. The lowest BCUT2D eigenvalue weighted by molar-refractivity contribution is -0.158. The van der Waals surface area contributed by atoms with E-state index in [9.17, 15) is 4.79 Å². The normalized spacial score (nSPS) is 29.8. The summed E-state index contributed by atoms with van der Waals surface area (Å²) in [5.41, 5.74) is 0.389. The Morgan fingerprint density at radius 3 is 2.76 bits per heavy atom. The van der Waals surface area contributed by atoms with Crippen LogP contribution >= 0.6 is 0 Å². The molecule has 0 aromatic carbocycles. The van der Waals surface area contributed by atoms with Gasteiger partial charge in [-0.1, -0.05) is 12.2 Å². The Balaban J connectivity index is 2.11. The van der Waals surface area contributed by atoms with Crippen molar-refractivity contribution in [2.24, 2.45) is 5.41 Å². The van der Waals surface area contributed by atoms with Crippen LogP contribution < -0.4 is 0 Å². The van der Waals surface area contributed by atoms with Crippen molar-refractivity contribution in [2.45, 2.75) is 38.9 Å². The molecule has 0 unspecified atom stereocenters. The Bertz CT molecular complexity index is 307. The number of carbonyl (C=O) groups excluding carboxylic acids is 1. The smallest absolute Gasteiger partial charge is 0.316 e. The maximum Gasteiger partial charge on any atom is 0.316 e. The number of esters is 1. The van der Waals surface area contributed by atoms with E-state index in [4.69, 9.17) is 14.2 Å². The molecule has 1 aliphatic heterocycles. The van der Waals surface area contributed by atoms with Gasteiger partial charge in [-0.2, -0.15) is 0 Å². The summed E-state index contributed by atoms with van der Waals surface area (Å²) in [4.78, 5) is 12.2. The summed E-state index contributed by atoms with van der Waals surface area (Å²) < 4.78 is 16.1. The van der Waals surface area contributed by atoms with Gasteiger partial charge >= 0.3 is 5.97 Å². The number of hydrogen-bond acceptors (Lipinski definition) is 4. The standard InChI is InChI=1S/C13H20O4/c1-3-15-12(14)13(6-4-5-10(13)2)9-11-16-7-8-17-11/h11H,2-9H2,1H3/t13-/m0/s1. The van der Waals surface area contributed by atoms with Crippen molar-refractivity contribution in [2.75, 3.05) is 19.8 Å². The van der Waals surface area contributed by atoms with Gasteiger partial charge in [-0.25, -0.2) is 0 Å². The predicted octanol–water partition coefficient (Wildman–Crippen LogP) is 2.04. The molecule has 0 spiro atoms. The number of ether oxygens (including phenoxy) is 3. The van der Waals surface area contributed by atoms with Gasteiger partial charge in [-0.15, -0.1) is 0 Å². The first-order valence-corrected chi connectivity index (χ1v) is 6.28. The monoisotopic (exact) mass is 240 g/mol. The molecule has 96 valence electrons. The Hall–Kier alpha value is -0.870. The van der Waals surface area contributed by atoms with Crippen LogP contribution in [0.4, 0.5) is 0 Å². The molecular weight excluding hydrogens is 220 g/mol. The van der Waals surface area contributed by atoms with E-state index >= 15 is 0 Å². The van der Waals surface area contributed by atoms with Gasteiger partial charge in [0.2, 0.25) is 0 Å². The fourth-order valence-electron chi connectivity index (χ4n) is 2.67. The van der Waals surface area contributed by atoms with E-state index in [-0.39, 0.29) is 12.3 Å². The molecule has 0 N–H and O–H groups in total. The predicted molar refractivity (Wildman–Crippen MR) is 62.4 cm³/mol. The van der Waals surface area contributed by atoms with Crippen LogP contribution in [0, 0.1) is 5.41 Å². The molecule has 1 heterocycles. The van der Waals surface area contributed by atoms with Gasteiger partial charge in [0.15, 0.2) is 6.29 Å². The minimum absolute atomic E-state index is 0.165. The largest absolute Gasteiger partial charge is 0.465 e. The third kappa shape index (κ3) is 2.38. The summed E-state index contributed by atoms with van der Waals surface area (Å²) in [6, 6.07) is 0. The molecule has 4 heteroatoms. The van der Waals surface area contributed by atoms with E-state index in [0.717, 1.165) is 24.8 Å². The average molecular weight is 240 g/mol. The van der Waals surface area contributed by atoms with Gasteiger partial charge in [-0.05, 0) is 26.2 Å². The van der Waals surface area contributed by atoms with Crippen molar-refractivity contribution < 1.29 is 19.0 Å². The maximum atomic E-state index is 12.2. The zero-order valence-electron chi connectivity index (χ0n) is 10.4. The van der Waals surface area contributed by atoms with Crippen molar-refractivity contribution in [3.63, 3.8) is 0 Å². The van der Waals surface area contributed by atoms with Crippen LogP contribution in [-0.4, -0.2) is 32.1 Å². The third-order valence-corrected chi connectivity index (χ3v) is 3.63. The third-order valence-electron chi connectivity index (χ3n) is 3.63. The van der Waals surface area contributed by atoms with E-state index in [1.54, 1.807) is 0 Å². The molecule has 1 aliphatic carbocycles. The Morgan fingerprint density at radius 1 is 1.53 bits per heavy atom. The highest BCUT2D eigenvalue weighted by atomic mass is 16.7. The molecule has 0 aromatic heterocycles. The molecule has 0 aromatic rings. The van der Waals surface area contributed by atoms with Gasteiger partial charge in [0.05, 0.1) is 25.2 Å². The molecular formula is C13H20O4. The number of carbonyl (C=O) groups is 1. The first-order chi connectivity index (χ1) is 8.19. The highest BCUT2D eigenvalue weighted by molar-refractivity contribution is 5.81. The summed E-state index contributed by atoms with van der Waals surface area (Å²) in [6.45, 7) is 7.48. The summed E-state index contributed by atoms with van der Waals surface area (Å²) in [6.07, 6.45) is 2.95. The Labute approximate surface area is 102 Å². The summed E-state index contributed by atoms with van der Waals surface area (Å²) in [7, 11) is 0. The lowest BCUT2D eigenvalue weighted by atomic mass is 9.79. The van der Waals surface area contributed by atoms with E-state index in [0.29, 0.717) is 26.2 Å². The molecule has 0 radical (unpaired) electrons. The molecule has 17 heavy (non-hydrogen) atoms. The highest BCUT2D eigenvalue weighted by Gasteiger charge is 2.47. The zero-order valence-corrected chi connectivity index (χ0v) is 10.4. The first-order valence-electron chi connectivity index (χ1n) is 6.28. The van der Waals surface area contributed by atoms with Crippen LogP contribution in [0.25, 0.3) is 0 Å². The molecule has 2 rings (SSSR count). The molecule has 1 saturated heterocycles. The van der Waals surface area contributed by atoms with Crippen LogP contribution in [0.3, 0.4) is 0 Å². The SMILES string of the molecule is C=C1CCC[C@@]1(CC1OCCO1)C(=O)OCC. The minimum atomic E-state index is -0.578. The molecule has 1 saturated carbocycles. The Morgan fingerprint density at radius 2 is 2.24 bits per heavy atom. The van der Waals surface area contributed by atoms with Gasteiger partial charge < -0.3 is 14.2 Å². The van der Waals surface area contributed by atoms with E-state index < -0.39 is 5.41 Å². The molecule has 2 fully saturated rings. The van der Waals surface area contributed by atoms with Crippen molar-refractivity contribution in [3.05, 3.63) is 12.2 Å². The van der Waals surface area contributed by atoms with Crippen molar-refractivity contribution >= 4 is 5.97 Å². The zero-order chi connectivity index (χ0) is 12.3. The van der Waals surface area contributed by atoms with Crippen molar-refractivity contribution in [3.8, 4) is 0 Å². The van der Waals surface area contributed by atoms with Crippen LogP contribution in [0.15, 0.2) is 12.2 Å². The molecule has 0 bridgehead atoms. The van der Waals surface area contributed by atoms with E-state index in [2.05, 4.69) is 6.58 Å². The lowest BCUT2D eigenvalue weighted by Gasteiger charge is -2.29. The minimum Gasteiger partial charge on any atom is -0.465 e. The van der Waals surface area contributed by atoms with Crippen LogP contribution in [0.5, 0.6) is 0 Å². The van der Waals surface area contributed by atoms with E-state index in [1.165, 1.54) is 0 Å². The molecule has 2 aliphatic rings. The van der Waals surface area contributed by atoms with Crippen molar-refractivity contribution in [1.82, 2.24) is 0 Å². The van der Waals surface area contributed by atoms with Crippen molar-refractivity contribution in [1.29, 1.82) is 0 Å². The maximum absolute atomic E-state index is 12.2. The van der Waals surface area contributed by atoms with Gasteiger partial charge in [0.1, 0.15) is 0 Å². The van der Waals surface area contributed by atoms with Crippen LogP contribution in [-0.2, 0) is 19.0 Å².